The van der Waals surface area contributed by atoms with Crippen molar-refractivity contribution in [3.63, 3.8) is 0 Å². The molecule has 0 radical (unpaired) electrons. The summed E-state index contributed by atoms with van der Waals surface area (Å²) in [4.78, 5) is 10.4. The SMILES string of the molecule is CC(C)[C@H]1COC(=O)[N-]1.[Na+]. The summed E-state index contributed by atoms with van der Waals surface area (Å²) in [7, 11) is 0. The van der Waals surface area contributed by atoms with Gasteiger partial charge >= 0.3 is 29.6 Å². The van der Waals surface area contributed by atoms with E-state index in [0.29, 0.717) is 12.5 Å². The first kappa shape index (κ1) is 10.3. The van der Waals surface area contributed by atoms with E-state index in [0.717, 1.165) is 0 Å². The number of hydrogen-bond acceptors (Lipinski definition) is 2. The molecule has 0 spiro atoms. The van der Waals surface area contributed by atoms with Crippen molar-refractivity contribution in [1.82, 2.24) is 0 Å². The molecule has 0 aliphatic carbocycles. The third-order valence-electron chi connectivity index (χ3n) is 1.42. The molecule has 1 atom stereocenters. The van der Waals surface area contributed by atoms with Gasteiger partial charge in [0.1, 0.15) is 0 Å². The smallest absolute Gasteiger partial charge is 0.612 e. The topological polar surface area (TPSA) is 40.4 Å². The molecule has 1 aliphatic rings. The first-order valence-corrected chi connectivity index (χ1v) is 3.08. The minimum absolute atomic E-state index is 0. The van der Waals surface area contributed by atoms with Crippen LogP contribution < -0.4 is 29.6 Å². The summed E-state index contributed by atoms with van der Waals surface area (Å²) in [5.74, 6) is 0.413. The molecule has 0 saturated carbocycles. The van der Waals surface area contributed by atoms with Gasteiger partial charge in [0.05, 0.1) is 6.61 Å². The van der Waals surface area contributed by atoms with Gasteiger partial charge in [-0.15, -0.1) is 0 Å². The van der Waals surface area contributed by atoms with E-state index in [1.807, 2.05) is 13.8 Å². The van der Waals surface area contributed by atoms with E-state index in [2.05, 4.69) is 10.1 Å². The molecule has 10 heavy (non-hydrogen) atoms. The van der Waals surface area contributed by atoms with Gasteiger partial charge in [0.2, 0.25) is 6.09 Å². The summed E-state index contributed by atoms with van der Waals surface area (Å²) in [6, 6.07) is 0.0949. The van der Waals surface area contributed by atoms with Crippen LogP contribution in [0.5, 0.6) is 0 Å². The Labute approximate surface area is 82.8 Å². The Morgan fingerprint density at radius 3 is 2.50 bits per heavy atom. The van der Waals surface area contributed by atoms with Crippen LogP contribution in [0, 0.1) is 5.92 Å². The summed E-state index contributed by atoms with van der Waals surface area (Å²) in [5.41, 5.74) is 0. The fraction of sp³-hybridized carbons (Fsp3) is 0.833. The average Bonchev–Trinajstić information content (AvgIpc) is 2.14. The molecule has 0 N–H and O–H groups in total. The quantitative estimate of drug-likeness (QED) is 0.430. The predicted octanol–water partition coefficient (Wildman–Crippen LogP) is -1.46. The third kappa shape index (κ3) is 2.48. The summed E-state index contributed by atoms with van der Waals surface area (Å²) < 4.78 is 4.62. The number of hydrogen-bond donors (Lipinski definition) is 0. The second-order valence-electron chi connectivity index (χ2n) is 2.52. The van der Waals surface area contributed by atoms with Crippen molar-refractivity contribution in [1.29, 1.82) is 0 Å². The van der Waals surface area contributed by atoms with Crippen LogP contribution in [0.25, 0.3) is 5.32 Å². The van der Waals surface area contributed by atoms with Crippen molar-refractivity contribution in [2.24, 2.45) is 5.92 Å². The maximum Gasteiger partial charge on any atom is 1.00 e. The van der Waals surface area contributed by atoms with Gasteiger partial charge < -0.3 is 10.1 Å². The molecule has 1 heterocycles. The summed E-state index contributed by atoms with van der Waals surface area (Å²) in [6.45, 7) is 4.52. The number of amides is 1. The molecule has 1 amide bonds. The monoisotopic (exact) mass is 151 g/mol. The van der Waals surface area contributed by atoms with E-state index in [1.54, 1.807) is 0 Å². The van der Waals surface area contributed by atoms with Crippen molar-refractivity contribution >= 4 is 6.09 Å². The van der Waals surface area contributed by atoms with Gasteiger partial charge in [0.15, 0.2) is 0 Å². The number of nitrogens with zero attached hydrogens (tertiary/aromatic N) is 1. The zero-order chi connectivity index (χ0) is 6.85. The second-order valence-corrected chi connectivity index (χ2v) is 2.52. The van der Waals surface area contributed by atoms with E-state index >= 15 is 0 Å². The maximum absolute atomic E-state index is 10.4. The maximum atomic E-state index is 10.4. The van der Waals surface area contributed by atoms with Crippen molar-refractivity contribution in [3.8, 4) is 0 Å². The number of rotatable bonds is 1. The van der Waals surface area contributed by atoms with Crippen molar-refractivity contribution in [2.45, 2.75) is 19.9 Å². The van der Waals surface area contributed by atoms with Crippen LogP contribution in [0.4, 0.5) is 4.79 Å². The summed E-state index contributed by atoms with van der Waals surface area (Å²) in [5, 5.41) is 3.73. The molecule has 0 bridgehead atoms. The zero-order valence-electron chi connectivity index (χ0n) is 6.63. The Kier molecular flexibility index (Phi) is 4.32. The Morgan fingerprint density at radius 2 is 2.30 bits per heavy atom. The van der Waals surface area contributed by atoms with Gasteiger partial charge in [0, 0.05) is 0 Å². The van der Waals surface area contributed by atoms with E-state index in [9.17, 15) is 4.79 Å². The van der Waals surface area contributed by atoms with Crippen molar-refractivity contribution < 1.29 is 39.1 Å². The van der Waals surface area contributed by atoms with Gasteiger partial charge in [-0.2, -0.15) is 0 Å². The molecular formula is C6H10NNaO2. The molecule has 0 unspecified atom stereocenters. The van der Waals surface area contributed by atoms with Gasteiger partial charge in [-0.1, -0.05) is 25.8 Å². The molecule has 0 aromatic carbocycles. The van der Waals surface area contributed by atoms with Crippen molar-refractivity contribution in [3.05, 3.63) is 5.32 Å². The molecule has 0 aromatic heterocycles. The van der Waals surface area contributed by atoms with Crippen LogP contribution in [0.1, 0.15) is 13.8 Å². The molecule has 1 aliphatic heterocycles. The van der Waals surface area contributed by atoms with Crippen LogP contribution in [-0.4, -0.2) is 18.7 Å². The van der Waals surface area contributed by atoms with Gasteiger partial charge in [-0.25, -0.2) is 0 Å². The van der Waals surface area contributed by atoms with Gasteiger partial charge in [0.25, 0.3) is 0 Å². The van der Waals surface area contributed by atoms with E-state index < -0.39 is 6.09 Å². The normalized spacial score (nSPS) is 23.5. The van der Waals surface area contributed by atoms with Crippen LogP contribution in [0.15, 0.2) is 0 Å². The van der Waals surface area contributed by atoms with Gasteiger partial charge in [-0.3, -0.25) is 4.79 Å². The number of cyclic esters (lactones) is 1. The van der Waals surface area contributed by atoms with E-state index in [-0.39, 0.29) is 35.6 Å². The molecule has 1 rings (SSSR count). The predicted molar refractivity (Wildman–Crippen MR) is 33.3 cm³/mol. The van der Waals surface area contributed by atoms with Crippen LogP contribution in [-0.2, 0) is 4.74 Å². The number of carbonyl (C=O) groups is 1. The van der Waals surface area contributed by atoms with Crippen LogP contribution in [0.2, 0.25) is 0 Å². The first-order chi connectivity index (χ1) is 4.20. The Hall–Kier alpha value is 0.270. The van der Waals surface area contributed by atoms with Crippen LogP contribution in [0.3, 0.4) is 0 Å². The summed E-state index contributed by atoms with van der Waals surface area (Å²) >= 11 is 0. The Balaban J connectivity index is 0.000000810. The molecule has 1 saturated heterocycles. The molecule has 3 nitrogen and oxygen atoms in total. The standard InChI is InChI=1S/C6H11NO2.Na/c1-4(2)5-3-9-6(8)7-5;/h4-5H,3H2,1-2H3,(H,7,8);/q;+1/p-1/t5-;/m1./s1. The second kappa shape index (κ2) is 4.21. The van der Waals surface area contributed by atoms with E-state index in [1.165, 1.54) is 0 Å². The fourth-order valence-electron chi connectivity index (χ4n) is 0.708. The molecule has 4 heteroatoms. The van der Waals surface area contributed by atoms with E-state index in [4.69, 9.17) is 0 Å². The van der Waals surface area contributed by atoms with Crippen molar-refractivity contribution in [2.75, 3.05) is 6.61 Å². The van der Waals surface area contributed by atoms with Gasteiger partial charge in [-0.05, 0) is 0 Å². The number of carbonyl (C=O) groups excluding carboxylic acids is 1. The molecule has 0 aromatic rings. The zero-order valence-corrected chi connectivity index (χ0v) is 8.63. The Morgan fingerprint density at radius 1 is 1.70 bits per heavy atom. The average molecular weight is 151 g/mol. The van der Waals surface area contributed by atoms with Crippen LogP contribution >= 0.6 is 0 Å². The third-order valence-corrected chi connectivity index (χ3v) is 1.42. The minimum Gasteiger partial charge on any atom is -0.612 e. The fourth-order valence-corrected chi connectivity index (χ4v) is 0.708. The molecular weight excluding hydrogens is 141 g/mol. The largest absolute Gasteiger partial charge is 1.00 e. The first-order valence-electron chi connectivity index (χ1n) is 3.08. The minimum atomic E-state index is -0.409. The summed E-state index contributed by atoms with van der Waals surface area (Å²) in [6.07, 6.45) is -0.409. The molecule has 52 valence electrons. The number of ether oxygens (including phenoxy) is 1. The molecule has 1 fully saturated rings. The Bertz CT molecular complexity index is 127.